The molecule has 3 aromatic rings. The van der Waals surface area contributed by atoms with E-state index in [1.165, 1.54) is 6.07 Å². The minimum absolute atomic E-state index is 0.243. The van der Waals surface area contributed by atoms with E-state index in [2.05, 4.69) is 9.97 Å². The smallest absolute Gasteiger partial charge is 0.336 e. The van der Waals surface area contributed by atoms with E-state index in [4.69, 9.17) is 9.15 Å². The van der Waals surface area contributed by atoms with Crippen molar-refractivity contribution < 1.29 is 9.15 Å². The Labute approximate surface area is 121 Å². The maximum absolute atomic E-state index is 11.4. The molecular formula is C16H14N2O3. The molecule has 0 aliphatic heterocycles. The Morgan fingerprint density at radius 2 is 2.10 bits per heavy atom. The van der Waals surface area contributed by atoms with Gasteiger partial charge < -0.3 is 9.15 Å². The van der Waals surface area contributed by atoms with Crippen LogP contribution in [0.1, 0.15) is 24.3 Å². The molecule has 2 aromatic heterocycles. The summed E-state index contributed by atoms with van der Waals surface area (Å²) >= 11 is 0. The first-order valence-electron chi connectivity index (χ1n) is 6.60. The summed E-state index contributed by atoms with van der Waals surface area (Å²) in [6.07, 6.45) is 4.66. The minimum Gasteiger partial charge on any atom is -0.484 e. The molecule has 1 aromatic carbocycles. The minimum atomic E-state index is -0.362. The number of aryl methyl sites for hydroxylation is 1. The van der Waals surface area contributed by atoms with Crippen LogP contribution in [0.25, 0.3) is 11.0 Å². The van der Waals surface area contributed by atoms with Gasteiger partial charge in [0.25, 0.3) is 0 Å². The van der Waals surface area contributed by atoms with Gasteiger partial charge in [0.1, 0.15) is 17.4 Å². The molecule has 0 spiro atoms. The second-order valence-corrected chi connectivity index (χ2v) is 4.80. The highest BCUT2D eigenvalue weighted by Crippen LogP contribution is 2.25. The van der Waals surface area contributed by atoms with Gasteiger partial charge in [-0.25, -0.2) is 4.79 Å². The summed E-state index contributed by atoms with van der Waals surface area (Å²) < 4.78 is 11.0. The fourth-order valence-electron chi connectivity index (χ4n) is 2.16. The van der Waals surface area contributed by atoms with Crippen molar-refractivity contribution in [2.45, 2.75) is 20.0 Å². The van der Waals surface area contributed by atoms with Crippen LogP contribution in [0, 0.1) is 6.92 Å². The van der Waals surface area contributed by atoms with Crippen LogP contribution in [-0.4, -0.2) is 9.97 Å². The van der Waals surface area contributed by atoms with Crippen LogP contribution in [0.15, 0.2) is 52.1 Å². The van der Waals surface area contributed by atoms with Crippen molar-refractivity contribution >= 4 is 11.0 Å². The first kappa shape index (κ1) is 13.3. The van der Waals surface area contributed by atoms with Gasteiger partial charge in [-0.05, 0) is 31.5 Å². The largest absolute Gasteiger partial charge is 0.484 e. The van der Waals surface area contributed by atoms with Crippen LogP contribution in [0.5, 0.6) is 5.75 Å². The molecule has 0 bridgehead atoms. The third-order valence-corrected chi connectivity index (χ3v) is 3.24. The van der Waals surface area contributed by atoms with Gasteiger partial charge in [-0.1, -0.05) is 0 Å². The quantitative estimate of drug-likeness (QED) is 0.691. The maximum Gasteiger partial charge on any atom is 0.336 e. The highest BCUT2D eigenvalue weighted by molar-refractivity contribution is 5.81. The van der Waals surface area contributed by atoms with E-state index >= 15 is 0 Å². The first-order valence-corrected chi connectivity index (χ1v) is 6.60. The van der Waals surface area contributed by atoms with Gasteiger partial charge in [0.2, 0.25) is 0 Å². The lowest BCUT2D eigenvalue weighted by molar-refractivity contribution is 0.221. The summed E-state index contributed by atoms with van der Waals surface area (Å²) in [6.45, 7) is 3.77. The number of hydrogen-bond donors (Lipinski definition) is 0. The fourth-order valence-corrected chi connectivity index (χ4v) is 2.16. The third kappa shape index (κ3) is 2.76. The molecule has 1 atom stereocenters. The maximum atomic E-state index is 11.4. The van der Waals surface area contributed by atoms with Crippen LogP contribution < -0.4 is 10.4 Å². The summed E-state index contributed by atoms with van der Waals surface area (Å²) in [5.41, 5.74) is 1.78. The van der Waals surface area contributed by atoms with E-state index in [0.29, 0.717) is 11.3 Å². The molecule has 0 radical (unpaired) electrons. The lowest BCUT2D eigenvalue weighted by Gasteiger charge is -2.14. The molecule has 0 N–H and O–H groups in total. The van der Waals surface area contributed by atoms with E-state index < -0.39 is 0 Å². The standard InChI is InChI=1S/C16H14N2O3/c1-10-7-16(19)21-15-8-12(3-4-13(10)15)20-11(2)14-9-17-5-6-18-14/h3-9,11H,1-2H3. The number of nitrogens with zero attached hydrogens (tertiary/aromatic N) is 2. The Morgan fingerprint density at radius 3 is 2.86 bits per heavy atom. The number of ether oxygens (including phenoxy) is 1. The van der Waals surface area contributed by atoms with E-state index in [9.17, 15) is 4.79 Å². The molecule has 0 amide bonds. The molecule has 5 heteroatoms. The van der Waals surface area contributed by atoms with Crippen molar-refractivity contribution in [2.24, 2.45) is 0 Å². The zero-order valence-corrected chi connectivity index (χ0v) is 11.7. The normalized spacial score (nSPS) is 12.3. The number of fused-ring (bicyclic) bond motifs is 1. The van der Waals surface area contributed by atoms with E-state index in [1.807, 2.05) is 26.0 Å². The molecule has 21 heavy (non-hydrogen) atoms. The Hall–Kier alpha value is -2.69. The lowest BCUT2D eigenvalue weighted by Crippen LogP contribution is -2.05. The van der Waals surface area contributed by atoms with Gasteiger partial charge in [0, 0.05) is 29.9 Å². The average molecular weight is 282 g/mol. The van der Waals surface area contributed by atoms with E-state index in [0.717, 1.165) is 16.6 Å². The number of hydrogen-bond acceptors (Lipinski definition) is 5. The average Bonchev–Trinajstić information content (AvgIpc) is 2.47. The number of aromatic nitrogens is 2. The summed E-state index contributed by atoms with van der Waals surface area (Å²) in [5, 5.41) is 0.897. The Bertz CT molecular complexity index is 828. The van der Waals surface area contributed by atoms with Crippen molar-refractivity contribution in [3.8, 4) is 5.75 Å². The predicted molar refractivity (Wildman–Crippen MR) is 78.3 cm³/mol. The fraction of sp³-hybridized carbons (Fsp3) is 0.188. The highest BCUT2D eigenvalue weighted by atomic mass is 16.5. The van der Waals surface area contributed by atoms with Crippen LogP contribution in [0.4, 0.5) is 0 Å². The predicted octanol–water partition coefficient (Wildman–Crippen LogP) is 3.03. The van der Waals surface area contributed by atoms with Crippen molar-refractivity contribution in [2.75, 3.05) is 0 Å². The van der Waals surface area contributed by atoms with E-state index in [1.54, 1.807) is 24.7 Å². The van der Waals surface area contributed by atoms with Crippen LogP contribution in [0.2, 0.25) is 0 Å². The lowest BCUT2D eigenvalue weighted by atomic mass is 10.1. The summed E-state index contributed by atoms with van der Waals surface area (Å²) in [6, 6.07) is 6.93. The molecule has 0 aliphatic rings. The Kier molecular flexibility index (Phi) is 3.39. The van der Waals surface area contributed by atoms with Gasteiger partial charge in [0.15, 0.2) is 0 Å². The van der Waals surface area contributed by atoms with Crippen molar-refractivity contribution in [1.82, 2.24) is 9.97 Å². The van der Waals surface area contributed by atoms with E-state index in [-0.39, 0.29) is 11.7 Å². The molecule has 1 unspecified atom stereocenters. The van der Waals surface area contributed by atoms with Gasteiger partial charge >= 0.3 is 5.63 Å². The van der Waals surface area contributed by atoms with Crippen molar-refractivity contribution in [3.63, 3.8) is 0 Å². The van der Waals surface area contributed by atoms with Gasteiger partial charge in [-0.3, -0.25) is 9.97 Å². The molecule has 106 valence electrons. The second kappa shape index (κ2) is 5.36. The van der Waals surface area contributed by atoms with Gasteiger partial charge in [-0.15, -0.1) is 0 Å². The van der Waals surface area contributed by atoms with Crippen molar-refractivity contribution in [1.29, 1.82) is 0 Å². The van der Waals surface area contributed by atoms with Crippen LogP contribution >= 0.6 is 0 Å². The molecule has 0 saturated carbocycles. The summed E-state index contributed by atoms with van der Waals surface area (Å²) in [7, 11) is 0. The summed E-state index contributed by atoms with van der Waals surface area (Å²) in [4.78, 5) is 19.7. The number of benzene rings is 1. The molecular weight excluding hydrogens is 268 g/mol. The topological polar surface area (TPSA) is 65.2 Å². The molecule has 3 rings (SSSR count). The first-order chi connectivity index (χ1) is 10.1. The molecule has 0 fully saturated rings. The Morgan fingerprint density at radius 1 is 1.24 bits per heavy atom. The van der Waals surface area contributed by atoms with Crippen molar-refractivity contribution in [3.05, 3.63) is 64.5 Å². The SMILES string of the molecule is Cc1cc(=O)oc2cc(OC(C)c3cnccn3)ccc12. The van der Waals surface area contributed by atoms with Crippen LogP contribution in [-0.2, 0) is 0 Å². The monoisotopic (exact) mass is 282 g/mol. The molecule has 0 aliphatic carbocycles. The second-order valence-electron chi connectivity index (χ2n) is 4.80. The number of rotatable bonds is 3. The Balaban J connectivity index is 1.93. The summed E-state index contributed by atoms with van der Waals surface area (Å²) in [5.74, 6) is 0.620. The zero-order chi connectivity index (χ0) is 14.8. The molecule has 2 heterocycles. The molecule has 0 saturated heterocycles. The van der Waals surface area contributed by atoms with Crippen LogP contribution in [0.3, 0.4) is 0 Å². The molecule has 5 nitrogen and oxygen atoms in total. The zero-order valence-electron chi connectivity index (χ0n) is 11.7. The van der Waals surface area contributed by atoms with Gasteiger partial charge in [0.05, 0.1) is 11.9 Å². The highest BCUT2D eigenvalue weighted by Gasteiger charge is 2.10. The third-order valence-electron chi connectivity index (χ3n) is 3.24. The van der Waals surface area contributed by atoms with Gasteiger partial charge in [-0.2, -0.15) is 0 Å².